The molecule has 2 heterocycles. The van der Waals surface area contributed by atoms with Crippen LogP contribution in [0.2, 0.25) is 0 Å². The highest BCUT2D eigenvalue weighted by atomic mass is 19.1. The predicted octanol–water partition coefficient (Wildman–Crippen LogP) is 2.43. The number of amides is 1. The number of carbonyl (C=O) groups excluding carboxylic acids is 1. The van der Waals surface area contributed by atoms with Gasteiger partial charge in [0.1, 0.15) is 17.6 Å². The van der Waals surface area contributed by atoms with E-state index in [9.17, 15) is 9.18 Å². The van der Waals surface area contributed by atoms with Crippen LogP contribution in [0.5, 0.6) is 0 Å². The number of carbonyl (C=O) groups is 1. The molecule has 1 atom stereocenters. The largest absolute Gasteiger partial charge is 0.370 e. The van der Waals surface area contributed by atoms with Crippen LogP contribution >= 0.6 is 0 Å². The van der Waals surface area contributed by atoms with Crippen LogP contribution in [-0.2, 0) is 4.74 Å². The van der Waals surface area contributed by atoms with Crippen LogP contribution in [0.1, 0.15) is 22.2 Å². The van der Waals surface area contributed by atoms with Crippen molar-refractivity contribution in [3.05, 3.63) is 65.7 Å². The van der Waals surface area contributed by atoms with Crippen LogP contribution in [0.3, 0.4) is 0 Å². The smallest absolute Gasteiger partial charge is 0.272 e. The Kier molecular flexibility index (Phi) is 3.92. The molecule has 0 N–H and O–H groups in total. The van der Waals surface area contributed by atoms with Crippen LogP contribution < -0.4 is 0 Å². The molecule has 2 aromatic rings. The minimum atomic E-state index is -0.437. The van der Waals surface area contributed by atoms with Crippen molar-refractivity contribution >= 4 is 5.91 Å². The maximum absolute atomic E-state index is 13.8. The van der Waals surface area contributed by atoms with Crippen molar-refractivity contribution in [2.75, 3.05) is 19.7 Å². The predicted molar refractivity (Wildman–Crippen MR) is 75.2 cm³/mol. The Hall–Kier alpha value is -2.27. The molecule has 1 aliphatic heterocycles. The van der Waals surface area contributed by atoms with Crippen LogP contribution in [0.25, 0.3) is 0 Å². The fourth-order valence-corrected chi connectivity index (χ4v) is 2.41. The van der Waals surface area contributed by atoms with Gasteiger partial charge in [-0.3, -0.25) is 9.78 Å². The fourth-order valence-electron chi connectivity index (χ4n) is 2.41. The number of morpholine rings is 1. The molecule has 1 saturated heterocycles. The van der Waals surface area contributed by atoms with E-state index in [-0.39, 0.29) is 11.7 Å². The number of benzene rings is 1. The van der Waals surface area contributed by atoms with E-state index in [1.807, 2.05) is 0 Å². The molecule has 1 unspecified atom stereocenters. The summed E-state index contributed by atoms with van der Waals surface area (Å²) in [5.41, 5.74) is 0.878. The van der Waals surface area contributed by atoms with E-state index in [0.29, 0.717) is 31.0 Å². The van der Waals surface area contributed by atoms with E-state index >= 15 is 0 Å². The molecule has 1 aliphatic rings. The van der Waals surface area contributed by atoms with Crippen LogP contribution in [0, 0.1) is 5.82 Å². The second kappa shape index (κ2) is 6.01. The Bertz CT molecular complexity index is 633. The van der Waals surface area contributed by atoms with E-state index in [1.54, 1.807) is 47.5 Å². The first kappa shape index (κ1) is 13.7. The summed E-state index contributed by atoms with van der Waals surface area (Å²) >= 11 is 0. The molecule has 1 amide bonds. The first-order chi connectivity index (χ1) is 10.3. The third kappa shape index (κ3) is 2.92. The van der Waals surface area contributed by atoms with Crippen molar-refractivity contribution in [3.8, 4) is 0 Å². The average molecular weight is 286 g/mol. The second-order valence-corrected chi connectivity index (χ2v) is 4.85. The molecule has 0 spiro atoms. The monoisotopic (exact) mass is 286 g/mol. The molecule has 108 valence electrons. The Morgan fingerprint density at radius 3 is 2.81 bits per heavy atom. The number of nitrogens with zero attached hydrogens (tertiary/aromatic N) is 2. The maximum atomic E-state index is 13.8. The Balaban J connectivity index is 1.77. The summed E-state index contributed by atoms with van der Waals surface area (Å²) in [6, 6.07) is 11.7. The molecule has 1 fully saturated rings. The third-order valence-electron chi connectivity index (χ3n) is 3.49. The summed E-state index contributed by atoms with van der Waals surface area (Å²) in [5, 5.41) is 0. The molecule has 5 heteroatoms. The lowest BCUT2D eigenvalue weighted by Gasteiger charge is -2.33. The van der Waals surface area contributed by atoms with Crippen LogP contribution in [0.15, 0.2) is 48.7 Å². The van der Waals surface area contributed by atoms with E-state index in [1.165, 1.54) is 6.07 Å². The van der Waals surface area contributed by atoms with Gasteiger partial charge in [-0.25, -0.2) is 4.39 Å². The maximum Gasteiger partial charge on any atom is 0.272 e. The third-order valence-corrected chi connectivity index (χ3v) is 3.49. The lowest BCUT2D eigenvalue weighted by Crippen LogP contribution is -2.42. The minimum absolute atomic E-state index is 0.153. The standard InChI is InChI=1S/C16H15FN2O2/c17-13-6-2-1-5-12(13)15-11-19(9-10-21-15)16(20)14-7-3-4-8-18-14/h1-8,15H,9-11H2. The lowest BCUT2D eigenvalue weighted by molar-refractivity contribution is -0.0244. The van der Waals surface area contributed by atoms with E-state index in [0.717, 1.165) is 0 Å². The van der Waals surface area contributed by atoms with E-state index < -0.39 is 6.10 Å². The van der Waals surface area contributed by atoms with Crippen molar-refractivity contribution < 1.29 is 13.9 Å². The topological polar surface area (TPSA) is 42.4 Å². The summed E-state index contributed by atoms with van der Waals surface area (Å²) in [4.78, 5) is 18.1. The molecular weight excluding hydrogens is 271 g/mol. The number of hydrogen-bond donors (Lipinski definition) is 0. The van der Waals surface area contributed by atoms with Crippen molar-refractivity contribution in [2.24, 2.45) is 0 Å². The van der Waals surface area contributed by atoms with Gasteiger partial charge in [0, 0.05) is 18.3 Å². The molecular formula is C16H15FN2O2. The summed E-state index contributed by atoms with van der Waals surface area (Å²) < 4.78 is 19.4. The van der Waals surface area contributed by atoms with Gasteiger partial charge < -0.3 is 9.64 Å². The normalized spacial score (nSPS) is 18.5. The van der Waals surface area contributed by atoms with Crippen molar-refractivity contribution in [1.29, 1.82) is 0 Å². The van der Waals surface area contributed by atoms with Gasteiger partial charge in [0.25, 0.3) is 5.91 Å². The lowest BCUT2D eigenvalue weighted by atomic mass is 10.1. The van der Waals surface area contributed by atoms with Gasteiger partial charge in [-0.2, -0.15) is 0 Å². The fraction of sp³-hybridized carbons (Fsp3) is 0.250. The molecule has 3 rings (SSSR count). The molecule has 0 saturated carbocycles. The van der Waals surface area contributed by atoms with Crippen LogP contribution in [0.4, 0.5) is 4.39 Å². The van der Waals surface area contributed by atoms with Crippen molar-refractivity contribution in [2.45, 2.75) is 6.10 Å². The zero-order valence-corrected chi connectivity index (χ0v) is 11.4. The zero-order valence-electron chi connectivity index (χ0n) is 11.4. The second-order valence-electron chi connectivity index (χ2n) is 4.85. The number of pyridine rings is 1. The molecule has 1 aromatic heterocycles. The summed E-state index contributed by atoms with van der Waals surface area (Å²) in [6.07, 6.45) is 1.15. The number of halogens is 1. The van der Waals surface area contributed by atoms with Gasteiger partial charge in [-0.1, -0.05) is 24.3 Å². The quantitative estimate of drug-likeness (QED) is 0.851. The molecule has 0 bridgehead atoms. The highest BCUT2D eigenvalue weighted by Gasteiger charge is 2.28. The molecule has 0 aliphatic carbocycles. The number of hydrogen-bond acceptors (Lipinski definition) is 3. The van der Waals surface area contributed by atoms with E-state index in [4.69, 9.17) is 4.74 Å². The van der Waals surface area contributed by atoms with Gasteiger partial charge >= 0.3 is 0 Å². The zero-order chi connectivity index (χ0) is 14.7. The molecule has 21 heavy (non-hydrogen) atoms. The molecule has 0 radical (unpaired) electrons. The number of aromatic nitrogens is 1. The van der Waals surface area contributed by atoms with Crippen LogP contribution in [-0.4, -0.2) is 35.5 Å². The van der Waals surface area contributed by atoms with E-state index in [2.05, 4.69) is 4.98 Å². The summed E-state index contributed by atoms with van der Waals surface area (Å²) in [7, 11) is 0. The Morgan fingerprint density at radius 2 is 2.05 bits per heavy atom. The van der Waals surface area contributed by atoms with Gasteiger partial charge in [0.15, 0.2) is 0 Å². The first-order valence-electron chi connectivity index (χ1n) is 6.82. The van der Waals surface area contributed by atoms with Gasteiger partial charge in [0.05, 0.1) is 13.2 Å². The Labute approximate surface area is 122 Å². The minimum Gasteiger partial charge on any atom is -0.370 e. The molecule has 1 aromatic carbocycles. The SMILES string of the molecule is O=C(c1ccccn1)N1CCOC(c2ccccc2F)C1. The van der Waals surface area contributed by atoms with Gasteiger partial charge in [-0.15, -0.1) is 0 Å². The molecule has 4 nitrogen and oxygen atoms in total. The highest BCUT2D eigenvalue weighted by molar-refractivity contribution is 5.92. The highest BCUT2D eigenvalue weighted by Crippen LogP contribution is 2.25. The summed E-state index contributed by atoms with van der Waals surface area (Å²) in [6.45, 7) is 1.20. The van der Waals surface area contributed by atoms with Gasteiger partial charge in [0.2, 0.25) is 0 Å². The Morgan fingerprint density at radius 1 is 1.24 bits per heavy atom. The number of ether oxygens (including phenoxy) is 1. The summed E-state index contributed by atoms with van der Waals surface area (Å²) in [5.74, 6) is -0.463. The average Bonchev–Trinajstić information content (AvgIpc) is 2.55. The van der Waals surface area contributed by atoms with Gasteiger partial charge in [-0.05, 0) is 18.2 Å². The van der Waals surface area contributed by atoms with Crippen molar-refractivity contribution in [3.63, 3.8) is 0 Å². The first-order valence-corrected chi connectivity index (χ1v) is 6.82. The number of rotatable bonds is 2. The van der Waals surface area contributed by atoms with Crippen molar-refractivity contribution in [1.82, 2.24) is 9.88 Å².